The van der Waals surface area contributed by atoms with Crippen molar-refractivity contribution in [3.05, 3.63) is 204 Å². The highest BCUT2D eigenvalue weighted by Crippen LogP contribution is 2.63. The van der Waals surface area contributed by atoms with Crippen LogP contribution in [0.25, 0.3) is 43.4 Å². The summed E-state index contributed by atoms with van der Waals surface area (Å²) in [7, 11) is -4.29. The lowest BCUT2D eigenvalue weighted by Gasteiger charge is -2.52. The fourth-order valence-corrected chi connectivity index (χ4v) is 24.3. The number of hydrogen-bond donors (Lipinski definition) is 0. The molecule has 4 nitrogen and oxygen atoms in total. The van der Waals surface area contributed by atoms with Crippen LogP contribution in [-0.4, -0.2) is 16.1 Å². The van der Waals surface area contributed by atoms with Gasteiger partial charge in [-0.15, -0.1) is 0 Å². The molecule has 0 spiro atoms. The second-order valence-corrected chi connectivity index (χ2v) is 29.8. The number of nitriles is 2. The zero-order valence-corrected chi connectivity index (χ0v) is 38.6. The summed E-state index contributed by atoms with van der Waals surface area (Å²) < 4.78 is -0.145. The molecular formula is C57H48N4Si2. The normalized spacial score (nSPS) is 13.0. The summed E-state index contributed by atoms with van der Waals surface area (Å²) in [4.78, 5) is 4.60. The Morgan fingerprint density at radius 3 is 1.33 bits per heavy atom. The molecule has 0 saturated carbocycles. The smallest absolute Gasteiger partial charge is 0.0991 e. The van der Waals surface area contributed by atoms with Crippen LogP contribution in [0.2, 0.25) is 39.3 Å². The second kappa shape index (κ2) is 15.0. The number of nitrogens with zero attached hydrogens (tertiary/aromatic N) is 4. The summed E-state index contributed by atoms with van der Waals surface area (Å²) >= 11 is 0. The maximum absolute atomic E-state index is 9.64. The van der Waals surface area contributed by atoms with Gasteiger partial charge in [-0.1, -0.05) is 124 Å². The van der Waals surface area contributed by atoms with Crippen LogP contribution in [0.15, 0.2) is 182 Å². The zero-order chi connectivity index (χ0) is 43.7. The lowest BCUT2D eigenvalue weighted by atomic mass is 9.91. The van der Waals surface area contributed by atoms with Crippen molar-refractivity contribution in [2.75, 3.05) is 9.80 Å². The Hall–Kier alpha value is -7.23. The van der Waals surface area contributed by atoms with E-state index in [1.165, 1.54) is 54.6 Å². The second-order valence-electron chi connectivity index (χ2n) is 18.8. The minimum atomic E-state index is -2.15. The predicted octanol–water partition coefficient (Wildman–Crippen LogP) is 15.9. The SMILES string of the molecule is C[Si](C)(C)C1([Si](C)(C)C)c2c(ccc3cc(N(c4ccccc4)c4ccc(C#N)cc4)ccc23)-c2c1c1ccc(N(c3ccccc3)c3ccc(C#N)cc3)cc1c1ccccc21. The third-order valence-electron chi connectivity index (χ3n) is 13.3. The first-order valence-corrected chi connectivity index (χ1v) is 28.7. The molecule has 304 valence electrons. The summed E-state index contributed by atoms with van der Waals surface area (Å²) in [6.45, 7) is 15.6. The van der Waals surface area contributed by atoms with Gasteiger partial charge in [-0.2, -0.15) is 10.5 Å². The van der Waals surface area contributed by atoms with E-state index in [4.69, 9.17) is 0 Å². The molecule has 6 heteroatoms. The monoisotopic (exact) mass is 844 g/mol. The summed E-state index contributed by atoms with van der Waals surface area (Å²) in [5.41, 5.74) is 13.4. The molecule has 0 fully saturated rings. The number of anilines is 6. The lowest BCUT2D eigenvalue weighted by Crippen LogP contribution is -2.63. The van der Waals surface area contributed by atoms with Crippen molar-refractivity contribution < 1.29 is 0 Å². The fourth-order valence-electron chi connectivity index (χ4n) is 11.2. The van der Waals surface area contributed by atoms with E-state index in [1.54, 1.807) is 0 Å². The Morgan fingerprint density at radius 1 is 0.381 bits per heavy atom. The van der Waals surface area contributed by atoms with E-state index in [0.717, 1.165) is 34.1 Å². The average Bonchev–Trinajstić information content (AvgIpc) is 3.65. The van der Waals surface area contributed by atoms with Crippen LogP contribution >= 0.6 is 0 Å². The summed E-state index contributed by atoms with van der Waals surface area (Å²) in [6, 6.07) is 69.5. The maximum Gasteiger partial charge on any atom is 0.0991 e. The van der Waals surface area contributed by atoms with Gasteiger partial charge in [0.2, 0.25) is 0 Å². The Balaban J connectivity index is 1.25. The molecule has 0 saturated heterocycles. The van der Waals surface area contributed by atoms with Crippen LogP contribution in [0.1, 0.15) is 22.3 Å². The van der Waals surface area contributed by atoms with Crippen molar-refractivity contribution in [2.45, 2.75) is 43.9 Å². The Labute approximate surface area is 372 Å². The highest BCUT2D eigenvalue weighted by molar-refractivity contribution is 7.00. The van der Waals surface area contributed by atoms with Crippen molar-refractivity contribution in [3.63, 3.8) is 0 Å². The molecule has 1 aliphatic rings. The molecule has 0 radical (unpaired) electrons. The lowest BCUT2D eigenvalue weighted by molar-refractivity contribution is 0.973. The number of fused-ring (bicyclic) bond motifs is 10. The van der Waals surface area contributed by atoms with E-state index in [9.17, 15) is 10.5 Å². The third kappa shape index (κ3) is 6.21. The van der Waals surface area contributed by atoms with Gasteiger partial charge in [-0.3, -0.25) is 0 Å². The minimum absolute atomic E-state index is 0.145. The topological polar surface area (TPSA) is 54.1 Å². The molecule has 9 aromatic carbocycles. The van der Waals surface area contributed by atoms with Gasteiger partial charge in [0.1, 0.15) is 0 Å². The number of para-hydroxylation sites is 2. The van der Waals surface area contributed by atoms with Crippen molar-refractivity contribution in [2.24, 2.45) is 0 Å². The van der Waals surface area contributed by atoms with Crippen LogP contribution in [0.4, 0.5) is 34.1 Å². The van der Waals surface area contributed by atoms with Gasteiger partial charge in [0, 0.05) is 38.8 Å². The Kier molecular flexibility index (Phi) is 9.49. The van der Waals surface area contributed by atoms with Gasteiger partial charge >= 0.3 is 0 Å². The molecular weight excluding hydrogens is 797 g/mol. The van der Waals surface area contributed by atoms with Gasteiger partial charge in [-0.25, -0.2) is 0 Å². The van der Waals surface area contributed by atoms with Crippen LogP contribution in [0.3, 0.4) is 0 Å². The summed E-state index contributed by atoms with van der Waals surface area (Å²) in [5.74, 6) is 0. The molecule has 0 heterocycles. The van der Waals surface area contributed by atoms with Crippen molar-refractivity contribution in [1.29, 1.82) is 10.5 Å². The number of rotatable bonds is 8. The molecule has 0 N–H and O–H groups in total. The molecule has 9 aromatic rings. The fraction of sp³-hybridized carbons (Fsp3) is 0.123. The van der Waals surface area contributed by atoms with Gasteiger partial charge < -0.3 is 9.80 Å². The van der Waals surface area contributed by atoms with Crippen molar-refractivity contribution >= 4 is 82.6 Å². The van der Waals surface area contributed by atoms with Crippen LogP contribution in [0.5, 0.6) is 0 Å². The standard InChI is InChI=1S/C57H48N4Si2/c1-62(2,3)57(63(4,5)6)55-48-33-30-46(60(42-15-9-7-10-16-42)44-26-21-39(37-58)22-27-44)35-41(48)25-32-52(55)54-50-20-14-13-19-49(50)53-36-47(31-34-51(53)56(54)57)61(43-17-11-8-12-18-43)45-28-23-40(38-59)24-29-45/h7-36H,1-6H3. The average molecular weight is 845 g/mol. The molecule has 0 unspecified atom stereocenters. The predicted molar refractivity (Wildman–Crippen MR) is 271 cm³/mol. The van der Waals surface area contributed by atoms with E-state index < -0.39 is 16.1 Å². The van der Waals surface area contributed by atoms with E-state index in [1.807, 2.05) is 36.4 Å². The Morgan fingerprint density at radius 2 is 0.825 bits per heavy atom. The third-order valence-corrected chi connectivity index (χ3v) is 23.3. The molecule has 0 aliphatic heterocycles. The van der Waals surface area contributed by atoms with E-state index in [2.05, 4.69) is 207 Å². The quantitative estimate of drug-likeness (QED) is 0.113. The van der Waals surface area contributed by atoms with Crippen LogP contribution in [0, 0.1) is 22.7 Å². The van der Waals surface area contributed by atoms with Gasteiger partial charge in [0.25, 0.3) is 0 Å². The van der Waals surface area contributed by atoms with Gasteiger partial charge in [0.15, 0.2) is 0 Å². The minimum Gasteiger partial charge on any atom is -0.310 e. The highest BCUT2D eigenvalue weighted by atomic mass is 28.4. The number of hydrogen-bond acceptors (Lipinski definition) is 4. The van der Waals surface area contributed by atoms with Crippen molar-refractivity contribution in [1.82, 2.24) is 0 Å². The molecule has 0 amide bonds. The first-order chi connectivity index (χ1) is 30.4. The van der Waals surface area contributed by atoms with E-state index in [-0.39, 0.29) is 4.66 Å². The molecule has 0 bridgehead atoms. The molecule has 10 rings (SSSR count). The summed E-state index contributed by atoms with van der Waals surface area (Å²) in [6.07, 6.45) is 0. The maximum atomic E-state index is 9.64. The summed E-state index contributed by atoms with van der Waals surface area (Å²) in [5, 5.41) is 27.0. The molecule has 0 aromatic heterocycles. The van der Waals surface area contributed by atoms with Crippen molar-refractivity contribution in [3.8, 4) is 23.3 Å². The van der Waals surface area contributed by atoms with Crippen LogP contribution < -0.4 is 9.80 Å². The van der Waals surface area contributed by atoms with Crippen LogP contribution in [-0.2, 0) is 4.66 Å². The highest BCUT2D eigenvalue weighted by Gasteiger charge is 2.60. The molecule has 63 heavy (non-hydrogen) atoms. The Bertz CT molecular complexity index is 3300. The van der Waals surface area contributed by atoms with Gasteiger partial charge in [0.05, 0.1) is 39.4 Å². The first kappa shape index (κ1) is 39.9. The van der Waals surface area contributed by atoms with E-state index >= 15 is 0 Å². The zero-order valence-electron chi connectivity index (χ0n) is 36.6. The number of benzene rings is 9. The molecule has 1 aliphatic carbocycles. The molecule has 0 atom stereocenters. The van der Waals surface area contributed by atoms with Gasteiger partial charge in [-0.05, 0) is 152 Å². The van der Waals surface area contributed by atoms with E-state index in [0.29, 0.717) is 11.1 Å². The largest absolute Gasteiger partial charge is 0.310 e. The first-order valence-electron chi connectivity index (χ1n) is 21.7.